The van der Waals surface area contributed by atoms with Gasteiger partial charge in [-0.15, -0.1) is 0 Å². The van der Waals surface area contributed by atoms with Crippen LogP contribution >= 0.6 is 0 Å². The largest absolute Gasteiger partial charge is 0.544 e. The van der Waals surface area contributed by atoms with Crippen molar-refractivity contribution in [2.75, 3.05) is 0 Å². The fraction of sp³-hybridized carbons (Fsp3) is 0.923. The molecule has 0 spiro atoms. The van der Waals surface area contributed by atoms with Crippen LogP contribution in [0.4, 0.5) is 0 Å². The zero-order valence-corrected chi connectivity index (χ0v) is 12.9. The van der Waals surface area contributed by atoms with Gasteiger partial charge in [0.2, 0.25) is 0 Å². The first-order valence-electron chi connectivity index (χ1n) is 6.37. The molecule has 0 aromatic carbocycles. The Morgan fingerprint density at radius 2 is 1.26 bits per heavy atom. The number of hydrogen-bond acceptors (Lipinski definition) is 6. The summed E-state index contributed by atoms with van der Waals surface area (Å²) >= 11 is 0. The number of carboxylic acid groups (broad SMARTS) is 1. The highest BCUT2D eigenvalue weighted by atomic mass is 17.3. The Balaban J connectivity index is 4.92. The van der Waals surface area contributed by atoms with Crippen molar-refractivity contribution in [3.63, 3.8) is 0 Å². The number of hydrogen-bond donors (Lipinski definition) is 0. The van der Waals surface area contributed by atoms with Crippen LogP contribution < -0.4 is 5.11 Å². The standard InChI is InChI=1S/C13H26O6/c1-8-9-13(10(14)15,18-16-11(2,3)4)19-17-12(5,6)7/h8-9H2,1-7H3,(H,14,15)/p-1. The van der Waals surface area contributed by atoms with Gasteiger partial charge in [0.15, 0.2) is 0 Å². The molecule has 0 aromatic rings. The number of aliphatic carboxylic acids is 1. The first-order valence-corrected chi connectivity index (χ1v) is 6.37. The highest BCUT2D eigenvalue weighted by Crippen LogP contribution is 2.25. The summed E-state index contributed by atoms with van der Waals surface area (Å²) in [4.78, 5) is 31.4. The van der Waals surface area contributed by atoms with E-state index in [1.165, 1.54) is 0 Å². The summed E-state index contributed by atoms with van der Waals surface area (Å²) in [5, 5.41) is 11.3. The molecule has 0 amide bonds. The third-order valence-corrected chi connectivity index (χ3v) is 1.74. The average Bonchev–Trinajstić information content (AvgIpc) is 2.19. The maximum atomic E-state index is 11.3. The minimum Gasteiger partial charge on any atom is -0.544 e. The first kappa shape index (κ1) is 18.3. The van der Waals surface area contributed by atoms with E-state index in [9.17, 15) is 9.90 Å². The summed E-state index contributed by atoms with van der Waals surface area (Å²) in [6.45, 7) is 12.1. The smallest absolute Gasteiger partial charge is 0.272 e. The summed E-state index contributed by atoms with van der Waals surface area (Å²) in [6.07, 6.45) is 0.538. The second-order valence-corrected chi connectivity index (χ2v) is 6.35. The van der Waals surface area contributed by atoms with Crippen LogP contribution in [0.15, 0.2) is 0 Å². The third-order valence-electron chi connectivity index (χ3n) is 1.74. The molecule has 0 heterocycles. The van der Waals surface area contributed by atoms with E-state index >= 15 is 0 Å². The van der Waals surface area contributed by atoms with E-state index in [0.717, 1.165) is 0 Å². The van der Waals surface area contributed by atoms with E-state index in [-0.39, 0.29) is 6.42 Å². The molecule has 6 nitrogen and oxygen atoms in total. The highest BCUT2D eigenvalue weighted by Gasteiger charge is 2.39. The summed E-state index contributed by atoms with van der Waals surface area (Å²) in [7, 11) is 0. The number of carbonyl (C=O) groups is 1. The van der Waals surface area contributed by atoms with E-state index in [0.29, 0.717) is 6.42 Å². The zero-order chi connectivity index (χ0) is 15.3. The van der Waals surface area contributed by atoms with Crippen LogP contribution in [0, 0.1) is 0 Å². The molecule has 0 unspecified atom stereocenters. The molecular weight excluding hydrogens is 252 g/mol. The van der Waals surface area contributed by atoms with Gasteiger partial charge in [0, 0.05) is 6.42 Å². The van der Waals surface area contributed by atoms with Gasteiger partial charge >= 0.3 is 0 Å². The lowest BCUT2D eigenvalue weighted by atomic mass is 10.1. The molecule has 0 aliphatic carbocycles. The van der Waals surface area contributed by atoms with Crippen molar-refractivity contribution < 1.29 is 29.5 Å². The van der Waals surface area contributed by atoms with Crippen molar-refractivity contribution in [3.8, 4) is 0 Å². The molecule has 0 aliphatic heterocycles. The molecule has 0 radical (unpaired) electrons. The average molecular weight is 277 g/mol. The molecule has 19 heavy (non-hydrogen) atoms. The van der Waals surface area contributed by atoms with Crippen LogP contribution in [0.1, 0.15) is 61.3 Å². The van der Waals surface area contributed by atoms with Crippen LogP contribution in [0.25, 0.3) is 0 Å². The van der Waals surface area contributed by atoms with Gasteiger partial charge in [0.1, 0.15) is 5.97 Å². The van der Waals surface area contributed by atoms with Gasteiger partial charge in [-0.05, 0) is 41.5 Å². The summed E-state index contributed by atoms with van der Waals surface area (Å²) in [5.74, 6) is -3.61. The van der Waals surface area contributed by atoms with Gasteiger partial charge in [0.25, 0.3) is 5.79 Å². The summed E-state index contributed by atoms with van der Waals surface area (Å²) < 4.78 is 0. The van der Waals surface area contributed by atoms with Gasteiger partial charge in [0.05, 0.1) is 11.2 Å². The normalized spacial score (nSPS) is 13.6. The Bertz CT molecular complexity index is 268. The van der Waals surface area contributed by atoms with E-state index in [1.807, 2.05) is 0 Å². The molecule has 0 N–H and O–H groups in total. The first-order chi connectivity index (χ1) is 8.42. The molecule has 0 saturated carbocycles. The Morgan fingerprint density at radius 3 is 1.47 bits per heavy atom. The van der Waals surface area contributed by atoms with Crippen molar-refractivity contribution >= 4 is 5.97 Å². The lowest BCUT2D eigenvalue weighted by Gasteiger charge is -2.35. The maximum absolute atomic E-state index is 11.3. The van der Waals surface area contributed by atoms with Gasteiger partial charge in [-0.2, -0.15) is 9.78 Å². The van der Waals surface area contributed by atoms with Gasteiger partial charge in [-0.25, -0.2) is 9.78 Å². The van der Waals surface area contributed by atoms with Crippen molar-refractivity contribution in [3.05, 3.63) is 0 Å². The second kappa shape index (κ2) is 6.65. The van der Waals surface area contributed by atoms with Crippen LogP contribution in [-0.2, 0) is 24.3 Å². The van der Waals surface area contributed by atoms with Crippen LogP contribution in [-0.4, -0.2) is 23.0 Å². The number of carbonyl (C=O) groups excluding carboxylic acids is 1. The van der Waals surface area contributed by atoms with Gasteiger partial charge < -0.3 is 9.90 Å². The predicted molar refractivity (Wildman–Crippen MR) is 66.5 cm³/mol. The maximum Gasteiger partial charge on any atom is 0.272 e. The van der Waals surface area contributed by atoms with E-state index in [2.05, 4.69) is 0 Å². The minimum atomic E-state index is -2.07. The molecule has 0 bridgehead atoms. The Morgan fingerprint density at radius 1 is 0.895 bits per heavy atom. The lowest BCUT2D eigenvalue weighted by Crippen LogP contribution is -2.54. The lowest BCUT2D eigenvalue weighted by molar-refractivity contribution is -0.541. The number of rotatable bonds is 7. The van der Waals surface area contributed by atoms with Crippen LogP contribution in [0.3, 0.4) is 0 Å². The molecule has 0 aromatic heterocycles. The van der Waals surface area contributed by atoms with Crippen molar-refractivity contribution in [2.24, 2.45) is 0 Å². The fourth-order valence-corrected chi connectivity index (χ4v) is 0.981. The topological polar surface area (TPSA) is 77.0 Å². The van der Waals surface area contributed by atoms with Crippen molar-refractivity contribution in [1.29, 1.82) is 0 Å². The summed E-state index contributed by atoms with van der Waals surface area (Å²) in [6, 6.07) is 0. The van der Waals surface area contributed by atoms with Gasteiger partial charge in [-0.1, -0.05) is 13.3 Å². The SMILES string of the molecule is CCCC(OOC(C)(C)C)(OOC(C)(C)C)C(=O)[O-]. The van der Waals surface area contributed by atoms with Crippen molar-refractivity contribution in [2.45, 2.75) is 78.3 Å². The Labute approximate surface area is 114 Å². The monoisotopic (exact) mass is 277 g/mol. The van der Waals surface area contributed by atoms with E-state index in [4.69, 9.17) is 19.6 Å². The van der Waals surface area contributed by atoms with Crippen molar-refractivity contribution in [1.82, 2.24) is 0 Å². The van der Waals surface area contributed by atoms with Crippen LogP contribution in [0.5, 0.6) is 0 Å². The highest BCUT2D eigenvalue weighted by molar-refractivity contribution is 5.73. The molecular formula is C13H25O6-. The molecule has 6 heteroatoms. The molecule has 0 fully saturated rings. The minimum absolute atomic E-state index is 0.0431. The number of carboxylic acids is 1. The molecule has 0 rings (SSSR count). The third kappa shape index (κ3) is 7.47. The molecule has 0 saturated heterocycles. The molecule has 0 atom stereocenters. The quantitative estimate of drug-likeness (QED) is 0.400. The zero-order valence-electron chi connectivity index (χ0n) is 12.9. The predicted octanol–water partition coefficient (Wildman–Crippen LogP) is 1.73. The second-order valence-electron chi connectivity index (χ2n) is 6.35. The summed E-state index contributed by atoms with van der Waals surface area (Å²) in [5.41, 5.74) is -1.36. The van der Waals surface area contributed by atoms with Gasteiger partial charge in [-0.3, -0.25) is 0 Å². The van der Waals surface area contributed by atoms with Crippen LogP contribution in [0.2, 0.25) is 0 Å². The van der Waals surface area contributed by atoms with E-state index in [1.54, 1.807) is 48.5 Å². The Kier molecular flexibility index (Phi) is 6.41. The fourth-order valence-electron chi connectivity index (χ4n) is 0.981. The Hall–Kier alpha value is -0.690. The molecule has 0 aliphatic rings. The molecule has 114 valence electrons. The van der Waals surface area contributed by atoms with E-state index < -0.39 is 23.0 Å².